The summed E-state index contributed by atoms with van der Waals surface area (Å²) in [7, 11) is 0. The molecule has 2 fully saturated rings. The number of hydrogen-bond acceptors (Lipinski definition) is 4. The first kappa shape index (κ1) is 13.2. The second-order valence-electron chi connectivity index (χ2n) is 4.93. The highest BCUT2D eigenvalue weighted by Gasteiger charge is 2.42. The van der Waals surface area contributed by atoms with Gasteiger partial charge in [0.05, 0.1) is 19.3 Å². The molecule has 1 saturated heterocycles. The smallest absolute Gasteiger partial charge is 0.239 e. The average molecular weight is 258 g/mol. The van der Waals surface area contributed by atoms with Crippen LogP contribution in [-0.4, -0.2) is 60.7 Å². The van der Waals surface area contributed by atoms with Crippen molar-refractivity contribution < 1.29 is 9.53 Å². The lowest BCUT2D eigenvalue weighted by molar-refractivity contribution is -0.137. The first-order valence-electron chi connectivity index (χ1n) is 6.32. The van der Waals surface area contributed by atoms with Crippen molar-refractivity contribution in [3.8, 4) is 0 Å². The minimum absolute atomic E-state index is 0.0716. The number of carbonyl (C=O) groups is 1. The molecule has 1 aliphatic carbocycles. The van der Waals surface area contributed by atoms with Gasteiger partial charge in [0.15, 0.2) is 0 Å². The lowest BCUT2D eigenvalue weighted by atomic mass is 10.2. The second kappa shape index (κ2) is 5.59. The first-order chi connectivity index (χ1) is 8.17. The third kappa shape index (κ3) is 3.36. The van der Waals surface area contributed by atoms with Crippen LogP contribution in [0.5, 0.6) is 0 Å². The Hall–Kier alpha value is -0.260. The highest BCUT2D eigenvalue weighted by atomic mass is 32.2. The van der Waals surface area contributed by atoms with Gasteiger partial charge in [-0.25, -0.2) is 0 Å². The van der Waals surface area contributed by atoms with Crippen LogP contribution in [0.25, 0.3) is 0 Å². The summed E-state index contributed by atoms with van der Waals surface area (Å²) >= 11 is 1.92. The van der Waals surface area contributed by atoms with E-state index in [1.165, 1.54) is 12.8 Å². The van der Waals surface area contributed by atoms with Gasteiger partial charge >= 0.3 is 0 Å². The molecule has 1 amide bonds. The van der Waals surface area contributed by atoms with E-state index in [1.54, 1.807) is 0 Å². The zero-order chi connectivity index (χ0) is 12.3. The van der Waals surface area contributed by atoms with Crippen molar-refractivity contribution in [2.24, 2.45) is 0 Å². The highest BCUT2D eigenvalue weighted by molar-refractivity contribution is 8.00. The van der Waals surface area contributed by atoms with Crippen molar-refractivity contribution in [1.82, 2.24) is 10.2 Å². The molecular weight excluding hydrogens is 236 g/mol. The van der Waals surface area contributed by atoms with E-state index in [4.69, 9.17) is 4.74 Å². The zero-order valence-corrected chi connectivity index (χ0v) is 11.5. The maximum Gasteiger partial charge on any atom is 0.239 e. The fraction of sp³-hybridized carbons (Fsp3) is 0.917. The van der Waals surface area contributed by atoms with Crippen molar-refractivity contribution in [2.75, 3.05) is 39.1 Å². The summed E-state index contributed by atoms with van der Waals surface area (Å²) in [5.74, 6) is 0.213. The zero-order valence-electron chi connectivity index (χ0n) is 10.7. The Morgan fingerprint density at radius 3 is 2.65 bits per heavy atom. The molecule has 0 radical (unpaired) electrons. The minimum Gasteiger partial charge on any atom is -0.378 e. The van der Waals surface area contributed by atoms with Crippen molar-refractivity contribution in [2.45, 2.75) is 30.6 Å². The number of ether oxygens (including phenoxy) is 1. The molecule has 98 valence electrons. The number of nitrogens with zero attached hydrogens (tertiary/aromatic N) is 1. The van der Waals surface area contributed by atoms with Crippen LogP contribution >= 0.6 is 11.8 Å². The van der Waals surface area contributed by atoms with Gasteiger partial charge in [0.2, 0.25) is 5.91 Å². The largest absolute Gasteiger partial charge is 0.378 e. The predicted octanol–water partition coefficient (Wildman–Crippen LogP) is 0.719. The summed E-state index contributed by atoms with van der Waals surface area (Å²) < 4.78 is 5.67. The Kier molecular flexibility index (Phi) is 4.33. The third-order valence-electron chi connectivity index (χ3n) is 3.66. The highest BCUT2D eigenvalue weighted by Crippen LogP contribution is 2.46. The molecule has 0 bridgehead atoms. The molecule has 2 rings (SSSR count). The van der Waals surface area contributed by atoms with Crippen LogP contribution in [0.3, 0.4) is 0 Å². The molecule has 1 saturated carbocycles. The number of carbonyl (C=O) groups excluding carboxylic acids is 1. The van der Waals surface area contributed by atoms with E-state index in [-0.39, 0.29) is 11.9 Å². The second-order valence-corrected chi connectivity index (χ2v) is 6.20. The third-order valence-corrected chi connectivity index (χ3v) is 5.08. The van der Waals surface area contributed by atoms with Crippen LogP contribution in [0, 0.1) is 0 Å². The lowest BCUT2D eigenvalue weighted by Gasteiger charge is -2.30. The summed E-state index contributed by atoms with van der Waals surface area (Å²) in [6, 6.07) is -0.0716. The molecule has 0 spiro atoms. The van der Waals surface area contributed by atoms with Gasteiger partial charge in [-0.2, -0.15) is 11.8 Å². The average Bonchev–Trinajstić information content (AvgIpc) is 3.17. The molecule has 4 nitrogen and oxygen atoms in total. The Labute approximate surface area is 107 Å². The van der Waals surface area contributed by atoms with Gasteiger partial charge in [-0.05, 0) is 26.0 Å². The monoisotopic (exact) mass is 258 g/mol. The molecule has 0 aromatic carbocycles. The quantitative estimate of drug-likeness (QED) is 0.789. The number of hydrogen-bond donors (Lipinski definition) is 1. The molecule has 1 N–H and O–H groups in total. The molecule has 2 aliphatic rings. The molecule has 1 unspecified atom stereocenters. The van der Waals surface area contributed by atoms with Gasteiger partial charge in [-0.3, -0.25) is 4.79 Å². The molecule has 0 aromatic heterocycles. The normalized spacial score (nSPS) is 24.5. The SMILES string of the molecule is CSC1(CNC(C)C(=O)N2CCOCC2)CC1. The number of thioether (sulfide) groups is 1. The summed E-state index contributed by atoms with van der Waals surface area (Å²) in [5.41, 5.74) is 0. The first-order valence-corrected chi connectivity index (χ1v) is 7.54. The van der Waals surface area contributed by atoms with Crippen molar-refractivity contribution >= 4 is 17.7 Å². The molecule has 1 aliphatic heterocycles. The number of nitrogens with one attached hydrogen (secondary N) is 1. The van der Waals surface area contributed by atoms with E-state index in [1.807, 2.05) is 23.6 Å². The predicted molar refractivity (Wildman–Crippen MR) is 70.3 cm³/mol. The summed E-state index contributed by atoms with van der Waals surface area (Å²) in [5, 5.41) is 3.38. The van der Waals surface area contributed by atoms with Crippen LogP contribution < -0.4 is 5.32 Å². The fourth-order valence-corrected chi connectivity index (χ4v) is 2.81. The number of morpholine rings is 1. The van der Waals surface area contributed by atoms with Gasteiger partial charge < -0.3 is 15.0 Å². The van der Waals surface area contributed by atoms with E-state index in [2.05, 4.69) is 11.6 Å². The number of amides is 1. The van der Waals surface area contributed by atoms with Crippen LogP contribution in [0.2, 0.25) is 0 Å². The van der Waals surface area contributed by atoms with E-state index < -0.39 is 0 Å². The Morgan fingerprint density at radius 1 is 1.47 bits per heavy atom. The molecule has 0 aromatic rings. The number of rotatable bonds is 5. The van der Waals surface area contributed by atoms with Gasteiger partial charge in [-0.1, -0.05) is 0 Å². The molecule has 17 heavy (non-hydrogen) atoms. The maximum absolute atomic E-state index is 12.1. The minimum atomic E-state index is -0.0716. The van der Waals surface area contributed by atoms with Crippen molar-refractivity contribution in [3.63, 3.8) is 0 Å². The fourth-order valence-electron chi connectivity index (χ4n) is 2.08. The van der Waals surface area contributed by atoms with Gasteiger partial charge in [0, 0.05) is 24.4 Å². The van der Waals surface area contributed by atoms with Crippen molar-refractivity contribution in [1.29, 1.82) is 0 Å². The van der Waals surface area contributed by atoms with Gasteiger partial charge in [0.1, 0.15) is 0 Å². The van der Waals surface area contributed by atoms with Crippen LogP contribution in [0.4, 0.5) is 0 Å². The van der Waals surface area contributed by atoms with Crippen LogP contribution in [0.1, 0.15) is 19.8 Å². The summed E-state index contributed by atoms with van der Waals surface area (Å²) in [4.78, 5) is 14.0. The molecule has 1 heterocycles. The molecule has 1 atom stereocenters. The van der Waals surface area contributed by atoms with Crippen LogP contribution in [0.15, 0.2) is 0 Å². The lowest BCUT2D eigenvalue weighted by Crippen LogP contribution is -2.50. The Morgan fingerprint density at radius 2 is 2.12 bits per heavy atom. The van der Waals surface area contributed by atoms with E-state index >= 15 is 0 Å². The summed E-state index contributed by atoms with van der Waals surface area (Å²) in [6.45, 7) is 5.73. The maximum atomic E-state index is 12.1. The standard InChI is InChI=1S/C12H22N2O2S/c1-10(13-9-12(17-2)3-4-12)11(15)14-5-7-16-8-6-14/h10,13H,3-9H2,1-2H3. The molecule has 5 heteroatoms. The van der Waals surface area contributed by atoms with Crippen LogP contribution in [-0.2, 0) is 9.53 Å². The van der Waals surface area contributed by atoms with E-state index in [0.717, 1.165) is 19.6 Å². The van der Waals surface area contributed by atoms with E-state index in [9.17, 15) is 4.79 Å². The summed E-state index contributed by atoms with van der Waals surface area (Å²) in [6.07, 6.45) is 4.71. The van der Waals surface area contributed by atoms with E-state index in [0.29, 0.717) is 18.0 Å². The topological polar surface area (TPSA) is 41.6 Å². The molecular formula is C12H22N2O2S. The Bertz CT molecular complexity index is 276. The Balaban J connectivity index is 1.74. The van der Waals surface area contributed by atoms with Crippen molar-refractivity contribution in [3.05, 3.63) is 0 Å². The van der Waals surface area contributed by atoms with Gasteiger partial charge in [0.25, 0.3) is 0 Å². The van der Waals surface area contributed by atoms with Gasteiger partial charge in [-0.15, -0.1) is 0 Å².